The van der Waals surface area contributed by atoms with Crippen molar-refractivity contribution in [3.63, 3.8) is 0 Å². The molecule has 1 aromatic carbocycles. The molecule has 1 aromatic rings. The van der Waals surface area contributed by atoms with Gasteiger partial charge in [0.05, 0.1) is 11.6 Å². The minimum absolute atomic E-state index is 0.0238. The molecule has 1 rings (SSSR count). The van der Waals surface area contributed by atoms with Gasteiger partial charge in [0.15, 0.2) is 6.61 Å². The number of hydrogen-bond donors (Lipinski definition) is 1. The smallest absolute Gasteiger partial charge is 0.422 e. The second-order valence-corrected chi connectivity index (χ2v) is 3.83. The molecule has 0 unspecified atom stereocenters. The Bertz CT molecular complexity index is 382. The van der Waals surface area contributed by atoms with Gasteiger partial charge in [0.2, 0.25) is 0 Å². The van der Waals surface area contributed by atoms with Gasteiger partial charge in [0.1, 0.15) is 11.5 Å². The molecule has 0 aromatic heterocycles. The third-order valence-electron chi connectivity index (χ3n) is 1.87. The van der Waals surface area contributed by atoms with Crippen LogP contribution in [0, 0.1) is 0 Å². The van der Waals surface area contributed by atoms with Crippen molar-refractivity contribution >= 4 is 11.6 Å². The quantitative estimate of drug-likeness (QED) is 0.816. The van der Waals surface area contributed by atoms with E-state index in [1.807, 2.05) is 0 Å². The van der Waals surface area contributed by atoms with Crippen molar-refractivity contribution in [1.29, 1.82) is 0 Å². The van der Waals surface area contributed by atoms with Gasteiger partial charge in [-0.25, -0.2) is 0 Å². The molecule has 0 aliphatic heterocycles. The summed E-state index contributed by atoms with van der Waals surface area (Å²) < 4.78 is 45.6. The molecule has 7 heteroatoms. The van der Waals surface area contributed by atoms with Gasteiger partial charge >= 0.3 is 6.18 Å². The second kappa shape index (κ2) is 6.70. The highest BCUT2D eigenvalue weighted by Gasteiger charge is 2.28. The molecule has 102 valence electrons. The van der Waals surface area contributed by atoms with Crippen LogP contribution in [0.3, 0.4) is 0 Å². The first kappa shape index (κ1) is 14.9. The van der Waals surface area contributed by atoms with Crippen LogP contribution in [0.25, 0.3) is 0 Å². The van der Waals surface area contributed by atoms with Crippen molar-refractivity contribution in [3.8, 4) is 11.5 Å². The number of aliphatic hydroxyl groups excluding tert-OH is 1. The summed E-state index contributed by atoms with van der Waals surface area (Å²) in [6.07, 6.45) is -3.98. The highest BCUT2D eigenvalue weighted by Crippen LogP contribution is 2.30. The van der Waals surface area contributed by atoms with Crippen LogP contribution in [0.5, 0.6) is 11.5 Å². The molecule has 0 saturated carbocycles. The number of hydrogen-bond acceptors (Lipinski definition) is 3. The maximum atomic E-state index is 12.0. The molecular formula is C11H12ClF3O3. The summed E-state index contributed by atoms with van der Waals surface area (Å²) in [7, 11) is 0. The molecule has 0 fully saturated rings. The highest BCUT2D eigenvalue weighted by atomic mass is 35.5. The lowest BCUT2D eigenvalue weighted by Crippen LogP contribution is -2.19. The van der Waals surface area contributed by atoms with Crippen LogP contribution >= 0.6 is 11.6 Å². The summed E-state index contributed by atoms with van der Waals surface area (Å²) in [6, 6.07) is 4.00. The minimum Gasteiger partial charge on any atom is -0.492 e. The molecule has 0 spiro atoms. The van der Waals surface area contributed by atoms with Gasteiger partial charge in [-0.2, -0.15) is 13.2 Å². The average molecular weight is 285 g/mol. The van der Waals surface area contributed by atoms with E-state index in [1.165, 1.54) is 18.2 Å². The predicted octanol–water partition coefficient (Wildman–Crippen LogP) is 3.04. The van der Waals surface area contributed by atoms with Gasteiger partial charge in [-0.05, 0) is 12.1 Å². The molecule has 0 atom stereocenters. The Hall–Kier alpha value is -1.14. The van der Waals surface area contributed by atoms with E-state index in [0.29, 0.717) is 6.42 Å². The van der Waals surface area contributed by atoms with Gasteiger partial charge in [0, 0.05) is 19.1 Å². The van der Waals surface area contributed by atoms with E-state index in [-0.39, 0.29) is 29.7 Å². The molecule has 0 amide bonds. The lowest BCUT2D eigenvalue weighted by Gasteiger charge is -2.12. The van der Waals surface area contributed by atoms with Crippen LogP contribution in [0.4, 0.5) is 13.2 Å². The van der Waals surface area contributed by atoms with Crippen molar-refractivity contribution in [2.45, 2.75) is 12.6 Å². The van der Waals surface area contributed by atoms with E-state index in [1.54, 1.807) is 0 Å². The lowest BCUT2D eigenvalue weighted by atomic mass is 10.3. The number of alkyl halides is 3. The zero-order chi connectivity index (χ0) is 13.6. The molecular weight excluding hydrogens is 273 g/mol. The fourth-order valence-electron chi connectivity index (χ4n) is 1.10. The molecule has 3 nitrogen and oxygen atoms in total. The van der Waals surface area contributed by atoms with E-state index < -0.39 is 12.8 Å². The largest absolute Gasteiger partial charge is 0.492 e. The highest BCUT2D eigenvalue weighted by molar-refractivity contribution is 6.32. The summed E-state index contributed by atoms with van der Waals surface area (Å²) in [5.74, 6) is 0.250. The van der Waals surface area contributed by atoms with E-state index in [0.717, 1.165) is 0 Å². The fourth-order valence-corrected chi connectivity index (χ4v) is 1.27. The minimum atomic E-state index is -4.39. The zero-order valence-corrected chi connectivity index (χ0v) is 10.1. The predicted molar refractivity (Wildman–Crippen MR) is 60.2 cm³/mol. The Balaban J connectivity index is 2.62. The monoisotopic (exact) mass is 284 g/mol. The fraction of sp³-hybridized carbons (Fsp3) is 0.455. The molecule has 0 heterocycles. The zero-order valence-electron chi connectivity index (χ0n) is 9.34. The molecule has 0 bridgehead atoms. The molecule has 0 saturated heterocycles. The van der Waals surface area contributed by atoms with E-state index in [2.05, 4.69) is 4.74 Å². The Morgan fingerprint density at radius 1 is 1.22 bits per heavy atom. The number of rotatable bonds is 6. The summed E-state index contributed by atoms with van der Waals surface area (Å²) in [4.78, 5) is 0. The van der Waals surface area contributed by atoms with Crippen molar-refractivity contribution < 1.29 is 27.8 Å². The standard InChI is InChI=1S/C11H12ClF3O3/c12-9-3-2-8(18-7-11(13,14)15)6-10(9)17-5-1-4-16/h2-3,6,16H,1,4-5,7H2. The Morgan fingerprint density at radius 2 is 1.94 bits per heavy atom. The molecule has 0 aliphatic carbocycles. The normalized spacial score (nSPS) is 11.4. The van der Waals surface area contributed by atoms with Crippen molar-refractivity contribution in [1.82, 2.24) is 0 Å². The van der Waals surface area contributed by atoms with Crippen LogP contribution in [-0.4, -0.2) is 31.1 Å². The van der Waals surface area contributed by atoms with Crippen molar-refractivity contribution in [3.05, 3.63) is 23.2 Å². The summed E-state index contributed by atoms with van der Waals surface area (Å²) in [5.41, 5.74) is 0. The molecule has 0 aliphatic rings. The topological polar surface area (TPSA) is 38.7 Å². The van der Waals surface area contributed by atoms with Crippen LogP contribution in [0.1, 0.15) is 6.42 Å². The van der Waals surface area contributed by atoms with Crippen molar-refractivity contribution in [2.75, 3.05) is 19.8 Å². The van der Waals surface area contributed by atoms with Gasteiger partial charge < -0.3 is 14.6 Å². The Labute approximate surface area is 107 Å². The second-order valence-electron chi connectivity index (χ2n) is 3.42. The molecule has 18 heavy (non-hydrogen) atoms. The van der Waals surface area contributed by atoms with Crippen molar-refractivity contribution in [2.24, 2.45) is 0 Å². The first-order valence-corrected chi connectivity index (χ1v) is 5.53. The first-order valence-electron chi connectivity index (χ1n) is 5.15. The summed E-state index contributed by atoms with van der Waals surface area (Å²) >= 11 is 5.80. The van der Waals surface area contributed by atoms with Crippen LogP contribution in [0.15, 0.2) is 18.2 Å². The van der Waals surface area contributed by atoms with Gasteiger partial charge in [0.25, 0.3) is 0 Å². The number of aliphatic hydroxyl groups is 1. The SMILES string of the molecule is OCCCOc1cc(OCC(F)(F)F)ccc1Cl. The van der Waals surface area contributed by atoms with Gasteiger partial charge in [-0.15, -0.1) is 0 Å². The van der Waals surface area contributed by atoms with Gasteiger partial charge in [-0.3, -0.25) is 0 Å². The van der Waals surface area contributed by atoms with Crippen LogP contribution in [-0.2, 0) is 0 Å². The number of halogens is 4. The van der Waals surface area contributed by atoms with E-state index >= 15 is 0 Å². The Morgan fingerprint density at radius 3 is 2.56 bits per heavy atom. The summed E-state index contributed by atoms with van der Waals surface area (Å²) in [5, 5.41) is 8.85. The maximum absolute atomic E-state index is 12.0. The van der Waals surface area contributed by atoms with E-state index in [9.17, 15) is 13.2 Å². The lowest BCUT2D eigenvalue weighted by molar-refractivity contribution is -0.153. The van der Waals surface area contributed by atoms with Crippen LogP contribution < -0.4 is 9.47 Å². The third-order valence-corrected chi connectivity index (χ3v) is 2.18. The van der Waals surface area contributed by atoms with Crippen LogP contribution in [0.2, 0.25) is 5.02 Å². The number of benzene rings is 1. The first-order chi connectivity index (χ1) is 8.42. The van der Waals surface area contributed by atoms with E-state index in [4.69, 9.17) is 21.4 Å². The molecule has 1 N–H and O–H groups in total. The maximum Gasteiger partial charge on any atom is 0.422 e. The molecule has 0 radical (unpaired) electrons. The summed E-state index contributed by atoms with van der Waals surface area (Å²) in [6.45, 7) is -1.19. The number of ether oxygens (including phenoxy) is 2. The average Bonchev–Trinajstić information content (AvgIpc) is 2.29. The third kappa shape index (κ3) is 5.46. The Kier molecular flexibility index (Phi) is 5.55. The van der Waals surface area contributed by atoms with Gasteiger partial charge in [-0.1, -0.05) is 11.6 Å².